The number of halogens is 2. The molecule has 0 aliphatic carbocycles. The van der Waals surface area contributed by atoms with Gasteiger partial charge in [0.2, 0.25) is 0 Å². The van der Waals surface area contributed by atoms with E-state index < -0.39 is 5.60 Å². The van der Waals surface area contributed by atoms with Crippen LogP contribution in [0.1, 0.15) is 32.8 Å². The van der Waals surface area contributed by atoms with Gasteiger partial charge in [-0.2, -0.15) is 0 Å². The minimum absolute atomic E-state index is 0.170. The summed E-state index contributed by atoms with van der Waals surface area (Å²) in [4.78, 5) is 26.0. The molecule has 1 saturated heterocycles. The maximum atomic E-state index is 12.2. The van der Waals surface area contributed by atoms with Crippen molar-refractivity contribution < 1.29 is 14.3 Å². The second-order valence-corrected chi connectivity index (χ2v) is 8.10. The first kappa shape index (κ1) is 18.3. The summed E-state index contributed by atoms with van der Waals surface area (Å²) in [7, 11) is 0. The van der Waals surface area contributed by atoms with Gasteiger partial charge in [0, 0.05) is 34.9 Å². The largest absolute Gasteiger partial charge is 0.444 e. The van der Waals surface area contributed by atoms with Crippen LogP contribution in [0.5, 0.6) is 0 Å². The summed E-state index contributed by atoms with van der Waals surface area (Å²) >= 11 is 9.61. The van der Waals surface area contributed by atoms with E-state index in [1.165, 1.54) is 0 Å². The Morgan fingerprint density at radius 2 is 2.13 bits per heavy atom. The molecule has 23 heavy (non-hydrogen) atoms. The van der Waals surface area contributed by atoms with E-state index in [2.05, 4.69) is 15.9 Å². The van der Waals surface area contributed by atoms with Crippen molar-refractivity contribution >= 4 is 39.4 Å². The number of carbonyl (C=O) groups is 2. The number of Topliss-reactive ketones (excluding diaryl/α,β-unsaturated/α-hetero) is 1. The van der Waals surface area contributed by atoms with Gasteiger partial charge in [-0.3, -0.25) is 4.79 Å². The van der Waals surface area contributed by atoms with Crippen LogP contribution in [0.3, 0.4) is 0 Å². The van der Waals surface area contributed by atoms with Crippen molar-refractivity contribution in [2.75, 3.05) is 13.1 Å². The molecule has 1 fully saturated rings. The molecule has 1 aliphatic rings. The Morgan fingerprint density at radius 3 is 2.74 bits per heavy atom. The summed E-state index contributed by atoms with van der Waals surface area (Å²) in [6.45, 7) is 6.29. The standard InChI is InChI=1S/C17H21BrClNO3/c1-17(2,3)23-16(22)20-7-6-15(21)12(10-20)8-11-4-5-13(18)9-14(11)19/h4-5,9,12H,6-8,10H2,1-3H3. The molecule has 1 aliphatic heterocycles. The Labute approximate surface area is 150 Å². The van der Waals surface area contributed by atoms with E-state index >= 15 is 0 Å². The molecule has 2 rings (SSSR count). The molecule has 0 radical (unpaired) electrons. The number of hydrogen-bond acceptors (Lipinski definition) is 3. The lowest BCUT2D eigenvalue weighted by molar-refractivity contribution is -0.125. The zero-order valence-corrected chi connectivity index (χ0v) is 15.9. The van der Waals surface area contributed by atoms with Crippen LogP contribution in [0.15, 0.2) is 22.7 Å². The highest BCUT2D eigenvalue weighted by Gasteiger charge is 2.32. The Kier molecular flexibility index (Phi) is 5.74. The minimum Gasteiger partial charge on any atom is -0.444 e. The van der Waals surface area contributed by atoms with Gasteiger partial charge >= 0.3 is 6.09 Å². The molecule has 1 unspecified atom stereocenters. The second kappa shape index (κ2) is 7.22. The third kappa shape index (κ3) is 5.21. The Hall–Kier alpha value is -1.07. The van der Waals surface area contributed by atoms with E-state index in [4.69, 9.17) is 16.3 Å². The number of benzene rings is 1. The predicted molar refractivity (Wildman–Crippen MR) is 93.8 cm³/mol. The van der Waals surface area contributed by atoms with Crippen LogP contribution >= 0.6 is 27.5 Å². The first-order valence-corrected chi connectivity index (χ1v) is 8.77. The van der Waals surface area contributed by atoms with Crippen molar-refractivity contribution in [1.29, 1.82) is 0 Å². The number of hydrogen-bond donors (Lipinski definition) is 0. The quantitative estimate of drug-likeness (QED) is 0.733. The number of amides is 1. The molecule has 0 saturated carbocycles. The summed E-state index contributed by atoms with van der Waals surface area (Å²) in [6, 6.07) is 5.63. The van der Waals surface area contributed by atoms with Crippen molar-refractivity contribution in [3.63, 3.8) is 0 Å². The molecule has 0 N–H and O–H groups in total. The summed E-state index contributed by atoms with van der Waals surface area (Å²) in [5.41, 5.74) is 0.377. The molecule has 1 heterocycles. The third-order valence-corrected chi connectivity index (χ3v) is 4.50. The van der Waals surface area contributed by atoms with Gasteiger partial charge in [0.1, 0.15) is 11.4 Å². The SMILES string of the molecule is CC(C)(C)OC(=O)N1CCC(=O)C(Cc2ccc(Br)cc2Cl)C1. The molecule has 0 bridgehead atoms. The molecule has 1 aromatic carbocycles. The van der Waals surface area contributed by atoms with Crippen LogP contribution in [0, 0.1) is 5.92 Å². The molecule has 1 aromatic rings. The van der Waals surface area contributed by atoms with Crippen LogP contribution < -0.4 is 0 Å². The minimum atomic E-state index is -0.539. The van der Waals surface area contributed by atoms with Crippen LogP contribution in [0.25, 0.3) is 0 Å². The number of carbonyl (C=O) groups excluding carboxylic acids is 2. The summed E-state index contributed by atoms with van der Waals surface area (Å²) in [5.74, 6) is -0.0706. The van der Waals surface area contributed by atoms with Gasteiger partial charge in [-0.25, -0.2) is 4.79 Å². The monoisotopic (exact) mass is 401 g/mol. The first-order chi connectivity index (χ1) is 10.7. The van der Waals surface area contributed by atoms with Gasteiger partial charge in [-0.1, -0.05) is 33.6 Å². The third-order valence-electron chi connectivity index (χ3n) is 3.66. The summed E-state index contributed by atoms with van der Waals surface area (Å²) < 4.78 is 6.29. The average Bonchev–Trinajstić information content (AvgIpc) is 2.42. The van der Waals surface area contributed by atoms with Crippen molar-refractivity contribution in [3.8, 4) is 0 Å². The van der Waals surface area contributed by atoms with Gasteiger partial charge in [-0.15, -0.1) is 0 Å². The summed E-state index contributed by atoms with van der Waals surface area (Å²) in [5, 5.41) is 0.626. The maximum absolute atomic E-state index is 12.2. The zero-order chi connectivity index (χ0) is 17.2. The highest BCUT2D eigenvalue weighted by Crippen LogP contribution is 2.26. The van der Waals surface area contributed by atoms with Gasteiger partial charge in [0.15, 0.2) is 0 Å². The molecular formula is C17H21BrClNO3. The maximum Gasteiger partial charge on any atom is 0.410 e. The van der Waals surface area contributed by atoms with E-state index in [0.29, 0.717) is 31.0 Å². The Bertz CT molecular complexity index is 612. The fourth-order valence-corrected chi connectivity index (χ4v) is 3.28. The molecule has 1 atom stereocenters. The number of ether oxygens (including phenoxy) is 1. The van der Waals surface area contributed by atoms with E-state index in [9.17, 15) is 9.59 Å². The lowest BCUT2D eigenvalue weighted by Crippen LogP contribution is -2.46. The number of nitrogens with zero attached hydrogens (tertiary/aromatic N) is 1. The molecule has 1 amide bonds. The van der Waals surface area contributed by atoms with Crippen LogP contribution in [-0.4, -0.2) is 35.5 Å². The Morgan fingerprint density at radius 1 is 1.43 bits per heavy atom. The van der Waals surface area contributed by atoms with Gasteiger partial charge in [-0.05, 0) is 44.9 Å². The molecular weight excluding hydrogens is 382 g/mol. The molecule has 6 heteroatoms. The van der Waals surface area contributed by atoms with Crippen LogP contribution in [-0.2, 0) is 16.0 Å². The van der Waals surface area contributed by atoms with Crippen molar-refractivity contribution in [3.05, 3.63) is 33.3 Å². The topological polar surface area (TPSA) is 46.6 Å². The molecule has 4 nitrogen and oxygen atoms in total. The molecule has 126 valence electrons. The number of rotatable bonds is 2. The fraction of sp³-hybridized carbons (Fsp3) is 0.529. The lowest BCUT2D eigenvalue weighted by atomic mass is 9.90. The highest BCUT2D eigenvalue weighted by molar-refractivity contribution is 9.10. The van der Waals surface area contributed by atoms with Gasteiger partial charge in [0.25, 0.3) is 0 Å². The second-order valence-electron chi connectivity index (χ2n) is 6.78. The van der Waals surface area contributed by atoms with Crippen LogP contribution in [0.4, 0.5) is 4.79 Å². The summed E-state index contributed by atoms with van der Waals surface area (Å²) in [6.07, 6.45) is 0.527. The fourth-order valence-electron chi connectivity index (χ4n) is 2.53. The van der Waals surface area contributed by atoms with Gasteiger partial charge in [0.05, 0.1) is 0 Å². The number of piperidine rings is 1. The van der Waals surface area contributed by atoms with E-state index in [1.807, 2.05) is 39.0 Å². The lowest BCUT2D eigenvalue weighted by Gasteiger charge is -2.33. The van der Waals surface area contributed by atoms with E-state index in [-0.39, 0.29) is 17.8 Å². The van der Waals surface area contributed by atoms with Gasteiger partial charge < -0.3 is 9.64 Å². The van der Waals surface area contributed by atoms with Crippen molar-refractivity contribution in [1.82, 2.24) is 4.90 Å². The van der Waals surface area contributed by atoms with E-state index in [1.54, 1.807) is 4.90 Å². The normalized spacial score (nSPS) is 18.9. The van der Waals surface area contributed by atoms with Crippen LogP contribution in [0.2, 0.25) is 5.02 Å². The Balaban J connectivity index is 2.06. The van der Waals surface area contributed by atoms with Crippen molar-refractivity contribution in [2.24, 2.45) is 5.92 Å². The smallest absolute Gasteiger partial charge is 0.410 e. The average molecular weight is 403 g/mol. The van der Waals surface area contributed by atoms with E-state index in [0.717, 1.165) is 10.0 Å². The number of likely N-dealkylation sites (tertiary alicyclic amines) is 1. The molecule has 0 aromatic heterocycles. The number of ketones is 1. The molecule has 0 spiro atoms. The van der Waals surface area contributed by atoms with Crippen molar-refractivity contribution in [2.45, 2.75) is 39.2 Å². The highest BCUT2D eigenvalue weighted by atomic mass is 79.9. The predicted octanol–water partition coefficient (Wildman–Crippen LogP) is 4.47. The first-order valence-electron chi connectivity index (χ1n) is 7.60. The zero-order valence-electron chi connectivity index (χ0n) is 13.6.